The van der Waals surface area contributed by atoms with E-state index in [-0.39, 0.29) is 0 Å². The molecule has 2 rings (SSSR count). The van der Waals surface area contributed by atoms with Gasteiger partial charge in [-0.25, -0.2) is 0 Å². The highest BCUT2D eigenvalue weighted by molar-refractivity contribution is 5.45. The zero-order chi connectivity index (χ0) is 8.39. The van der Waals surface area contributed by atoms with E-state index in [1.54, 1.807) is 0 Å². The van der Waals surface area contributed by atoms with Crippen molar-refractivity contribution in [2.24, 2.45) is 5.11 Å². The molecule has 12 heavy (non-hydrogen) atoms. The van der Waals surface area contributed by atoms with Crippen molar-refractivity contribution in [1.82, 2.24) is 5.32 Å². The molecule has 1 aliphatic rings. The maximum absolute atomic E-state index is 8.21. The summed E-state index contributed by atoms with van der Waals surface area (Å²) in [5.74, 6) is 0. The molecule has 0 radical (unpaired) electrons. The Labute approximate surface area is 69.8 Å². The van der Waals surface area contributed by atoms with Gasteiger partial charge in [-0.3, -0.25) is 0 Å². The van der Waals surface area contributed by atoms with Gasteiger partial charge >= 0.3 is 0 Å². The Morgan fingerprint density at radius 1 is 1.33 bits per heavy atom. The fourth-order valence-electron chi connectivity index (χ4n) is 1.40. The van der Waals surface area contributed by atoms with Crippen LogP contribution in [-0.4, -0.2) is 0 Å². The second-order valence-electron chi connectivity index (χ2n) is 2.75. The molecule has 1 aromatic carbocycles. The lowest BCUT2D eigenvalue weighted by Gasteiger charge is -1.97. The van der Waals surface area contributed by atoms with Crippen molar-refractivity contribution in [3.8, 4) is 0 Å². The maximum Gasteiger partial charge on any atom is 0.0378 e. The lowest BCUT2D eigenvalue weighted by atomic mass is 10.1. The molecule has 0 amide bonds. The molecule has 1 N–H and O–H groups in total. The third-order valence-electron chi connectivity index (χ3n) is 1.98. The Bertz CT molecular complexity index is 352. The molecule has 0 bridgehead atoms. The largest absolute Gasteiger partial charge is 0.309 e. The van der Waals surface area contributed by atoms with Gasteiger partial charge in [0.15, 0.2) is 0 Å². The van der Waals surface area contributed by atoms with E-state index in [0.717, 1.165) is 13.1 Å². The molecule has 4 nitrogen and oxygen atoms in total. The molecule has 1 aromatic rings. The van der Waals surface area contributed by atoms with E-state index in [9.17, 15) is 0 Å². The normalized spacial score (nSPS) is 13.7. The second kappa shape index (κ2) is 2.85. The Morgan fingerprint density at radius 2 is 2.17 bits per heavy atom. The van der Waals surface area contributed by atoms with Gasteiger partial charge in [0.2, 0.25) is 0 Å². The summed E-state index contributed by atoms with van der Waals surface area (Å²) in [5, 5.41) is 6.76. The van der Waals surface area contributed by atoms with Crippen LogP contribution in [0.3, 0.4) is 0 Å². The van der Waals surface area contributed by atoms with E-state index in [1.165, 1.54) is 11.1 Å². The molecule has 0 fully saturated rings. The molecule has 1 aliphatic heterocycles. The van der Waals surface area contributed by atoms with E-state index in [0.29, 0.717) is 5.69 Å². The van der Waals surface area contributed by atoms with Gasteiger partial charge in [0.05, 0.1) is 0 Å². The standard InChI is InChI=1S/C8H8N4/c9-12-11-8-2-1-6-4-10-5-7(6)3-8/h1-3,10H,4-5H2. The summed E-state index contributed by atoms with van der Waals surface area (Å²) in [6.45, 7) is 1.80. The average molecular weight is 160 g/mol. The van der Waals surface area contributed by atoms with Gasteiger partial charge in [0.25, 0.3) is 0 Å². The van der Waals surface area contributed by atoms with Crippen LogP contribution >= 0.6 is 0 Å². The molecule has 0 unspecified atom stereocenters. The van der Waals surface area contributed by atoms with Crippen LogP contribution in [-0.2, 0) is 13.1 Å². The molecule has 0 spiro atoms. The number of fused-ring (bicyclic) bond motifs is 1. The van der Waals surface area contributed by atoms with Gasteiger partial charge in [-0.05, 0) is 22.7 Å². The molecule has 0 saturated heterocycles. The van der Waals surface area contributed by atoms with Gasteiger partial charge in [0, 0.05) is 23.7 Å². The molecule has 0 aliphatic carbocycles. The van der Waals surface area contributed by atoms with Crippen LogP contribution in [0.2, 0.25) is 0 Å². The number of azide groups is 1. The van der Waals surface area contributed by atoms with Crippen molar-refractivity contribution in [1.29, 1.82) is 0 Å². The first-order valence-corrected chi connectivity index (χ1v) is 3.78. The molecule has 0 saturated carbocycles. The Kier molecular flexibility index (Phi) is 1.70. The third-order valence-corrected chi connectivity index (χ3v) is 1.98. The number of hydrogen-bond donors (Lipinski definition) is 1. The predicted octanol–water partition coefficient (Wildman–Crippen LogP) is 2.23. The molecule has 60 valence electrons. The van der Waals surface area contributed by atoms with E-state index in [2.05, 4.69) is 15.3 Å². The fourth-order valence-corrected chi connectivity index (χ4v) is 1.40. The summed E-state index contributed by atoms with van der Waals surface area (Å²) < 4.78 is 0. The second-order valence-corrected chi connectivity index (χ2v) is 2.75. The highest BCUT2D eigenvalue weighted by Gasteiger charge is 2.08. The first-order valence-electron chi connectivity index (χ1n) is 3.78. The van der Waals surface area contributed by atoms with Crippen molar-refractivity contribution in [3.05, 3.63) is 39.8 Å². The summed E-state index contributed by atoms with van der Waals surface area (Å²) in [6.07, 6.45) is 0. The molecule has 0 atom stereocenters. The molecule has 4 heteroatoms. The molecule has 1 heterocycles. The van der Waals surface area contributed by atoms with Crippen molar-refractivity contribution in [2.45, 2.75) is 13.1 Å². The average Bonchev–Trinajstić information content (AvgIpc) is 2.51. The van der Waals surface area contributed by atoms with Crippen LogP contribution in [0.1, 0.15) is 11.1 Å². The van der Waals surface area contributed by atoms with Gasteiger partial charge in [0.1, 0.15) is 0 Å². The highest BCUT2D eigenvalue weighted by Crippen LogP contribution is 2.21. The minimum absolute atomic E-state index is 0.694. The summed E-state index contributed by atoms with van der Waals surface area (Å²) >= 11 is 0. The van der Waals surface area contributed by atoms with Gasteiger partial charge in [-0.15, -0.1) is 0 Å². The lowest BCUT2D eigenvalue weighted by Crippen LogP contribution is -1.99. The minimum Gasteiger partial charge on any atom is -0.309 e. The van der Waals surface area contributed by atoms with Gasteiger partial charge in [-0.2, -0.15) is 0 Å². The molecule has 0 aromatic heterocycles. The summed E-state index contributed by atoms with van der Waals surface area (Å²) in [4.78, 5) is 2.74. The number of nitrogens with zero attached hydrogens (tertiary/aromatic N) is 3. The van der Waals surface area contributed by atoms with Crippen molar-refractivity contribution in [2.75, 3.05) is 0 Å². The number of benzene rings is 1. The molecular formula is C8H8N4. The monoisotopic (exact) mass is 160 g/mol. The smallest absolute Gasteiger partial charge is 0.0378 e. The number of hydrogen-bond acceptors (Lipinski definition) is 2. The van der Waals surface area contributed by atoms with E-state index in [4.69, 9.17) is 5.53 Å². The maximum atomic E-state index is 8.21. The Morgan fingerprint density at radius 3 is 3.00 bits per heavy atom. The lowest BCUT2D eigenvalue weighted by molar-refractivity contribution is 0.765. The van der Waals surface area contributed by atoms with Crippen molar-refractivity contribution >= 4 is 5.69 Å². The van der Waals surface area contributed by atoms with Crippen molar-refractivity contribution < 1.29 is 0 Å². The summed E-state index contributed by atoms with van der Waals surface area (Å²) in [5.41, 5.74) is 11.4. The predicted molar refractivity (Wildman–Crippen MR) is 45.8 cm³/mol. The van der Waals surface area contributed by atoms with E-state index < -0.39 is 0 Å². The third kappa shape index (κ3) is 1.13. The zero-order valence-electron chi connectivity index (χ0n) is 6.49. The van der Waals surface area contributed by atoms with E-state index >= 15 is 0 Å². The topological polar surface area (TPSA) is 60.8 Å². The fraction of sp³-hybridized carbons (Fsp3) is 0.250. The number of rotatable bonds is 1. The van der Waals surface area contributed by atoms with Crippen LogP contribution < -0.4 is 5.32 Å². The van der Waals surface area contributed by atoms with Gasteiger partial charge in [-0.1, -0.05) is 17.2 Å². The van der Waals surface area contributed by atoms with Crippen LogP contribution in [0, 0.1) is 0 Å². The molecular weight excluding hydrogens is 152 g/mol. The summed E-state index contributed by atoms with van der Waals surface area (Å²) in [7, 11) is 0. The van der Waals surface area contributed by atoms with Crippen LogP contribution in [0.5, 0.6) is 0 Å². The Balaban J connectivity index is 2.45. The number of nitrogens with one attached hydrogen (secondary N) is 1. The highest BCUT2D eigenvalue weighted by atomic mass is 15.1. The van der Waals surface area contributed by atoms with Gasteiger partial charge < -0.3 is 5.32 Å². The first kappa shape index (κ1) is 7.16. The van der Waals surface area contributed by atoms with Crippen LogP contribution in [0.4, 0.5) is 5.69 Å². The SMILES string of the molecule is [N-]=[N+]=Nc1ccc2c(c1)CNC2. The Hall–Kier alpha value is -1.51. The first-order chi connectivity index (χ1) is 5.90. The van der Waals surface area contributed by atoms with Crippen LogP contribution in [0.15, 0.2) is 23.3 Å². The van der Waals surface area contributed by atoms with Crippen LogP contribution in [0.25, 0.3) is 10.4 Å². The van der Waals surface area contributed by atoms with Crippen molar-refractivity contribution in [3.63, 3.8) is 0 Å². The van der Waals surface area contributed by atoms with E-state index in [1.807, 2.05) is 18.2 Å². The zero-order valence-corrected chi connectivity index (χ0v) is 6.49. The summed E-state index contributed by atoms with van der Waals surface area (Å²) in [6, 6.07) is 5.76. The quantitative estimate of drug-likeness (QED) is 0.382. The minimum atomic E-state index is 0.694.